The van der Waals surface area contributed by atoms with Gasteiger partial charge >= 0.3 is 0 Å². The summed E-state index contributed by atoms with van der Waals surface area (Å²) < 4.78 is 0. The Morgan fingerprint density at radius 1 is 0.857 bits per heavy atom. The number of rotatable bonds is 11. The minimum Gasteiger partial charge on any atom is -0.303 e. The summed E-state index contributed by atoms with van der Waals surface area (Å²) in [6.07, 6.45) is 8.92. The highest BCUT2D eigenvalue weighted by atomic mass is 15.1. The molecular formula is C19H30N2. The van der Waals surface area contributed by atoms with Crippen LogP contribution in [0.2, 0.25) is 0 Å². The molecule has 2 nitrogen and oxygen atoms in total. The molecule has 21 heavy (non-hydrogen) atoms. The van der Waals surface area contributed by atoms with Crippen molar-refractivity contribution in [3.63, 3.8) is 0 Å². The standard InChI is InChI=1S/C19H30N2/c1-4-15-21(16-5-2)17-9-7-6-8-10-18-11-13-19(20-3)14-12-18/h11-14H,4-10,15-17H2,1-2H3. The van der Waals surface area contributed by atoms with Crippen LogP contribution in [-0.2, 0) is 6.42 Å². The average Bonchev–Trinajstić information content (AvgIpc) is 2.51. The molecule has 1 rings (SSSR count). The van der Waals surface area contributed by atoms with Gasteiger partial charge < -0.3 is 4.90 Å². The Labute approximate surface area is 131 Å². The fraction of sp³-hybridized carbons (Fsp3) is 0.632. The maximum Gasteiger partial charge on any atom is 0.187 e. The van der Waals surface area contributed by atoms with Crippen molar-refractivity contribution < 1.29 is 0 Å². The van der Waals surface area contributed by atoms with Crippen molar-refractivity contribution in [2.45, 2.75) is 58.8 Å². The Morgan fingerprint density at radius 2 is 1.48 bits per heavy atom. The quantitative estimate of drug-likeness (QED) is 0.387. The summed E-state index contributed by atoms with van der Waals surface area (Å²) in [7, 11) is 0. The third-order valence-electron chi connectivity index (χ3n) is 3.83. The van der Waals surface area contributed by atoms with E-state index in [2.05, 4.69) is 35.7 Å². The van der Waals surface area contributed by atoms with E-state index in [4.69, 9.17) is 6.57 Å². The first-order valence-corrected chi connectivity index (χ1v) is 8.49. The maximum absolute atomic E-state index is 6.94. The molecule has 0 aliphatic carbocycles. The second-order valence-corrected chi connectivity index (χ2v) is 5.78. The van der Waals surface area contributed by atoms with E-state index in [1.165, 1.54) is 63.7 Å². The molecule has 0 amide bonds. The lowest BCUT2D eigenvalue weighted by molar-refractivity contribution is 0.268. The molecule has 0 unspecified atom stereocenters. The molecule has 0 radical (unpaired) electrons. The van der Waals surface area contributed by atoms with Crippen LogP contribution in [0.25, 0.3) is 4.85 Å². The number of aryl methyl sites for hydroxylation is 1. The van der Waals surface area contributed by atoms with Crippen molar-refractivity contribution in [1.29, 1.82) is 0 Å². The highest BCUT2D eigenvalue weighted by Crippen LogP contribution is 2.15. The Morgan fingerprint density at radius 3 is 2.05 bits per heavy atom. The molecule has 0 aliphatic rings. The van der Waals surface area contributed by atoms with E-state index in [0.29, 0.717) is 0 Å². The summed E-state index contributed by atoms with van der Waals surface area (Å²) in [5, 5.41) is 0. The summed E-state index contributed by atoms with van der Waals surface area (Å²) in [6, 6.07) is 8.04. The lowest BCUT2D eigenvalue weighted by Crippen LogP contribution is -2.26. The molecule has 1 aromatic carbocycles. The molecule has 0 heterocycles. The van der Waals surface area contributed by atoms with Gasteiger partial charge in [0.15, 0.2) is 5.69 Å². The van der Waals surface area contributed by atoms with E-state index in [1.807, 2.05) is 12.1 Å². The minimum absolute atomic E-state index is 0.741. The maximum atomic E-state index is 6.94. The Kier molecular flexibility index (Phi) is 9.57. The predicted octanol–water partition coefficient (Wildman–Crippen LogP) is 5.46. The zero-order valence-electron chi connectivity index (χ0n) is 13.8. The van der Waals surface area contributed by atoms with Crippen LogP contribution in [-0.4, -0.2) is 24.5 Å². The van der Waals surface area contributed by atoms with Crippen LogP contribution in [0.4, 0.5) is 5.69 Å². The van der Waals surface area contributed by atoms with Gasteiger partial charge in [0.05, 0.1) is 6.57 Å². The summed E-state index contributed by atoms with van der Waals surface area (Å²) in [5.41, 5.74) is 2.10. The van der Waals surface area contributed by atoms with Crippen LogP contribution >= 0.6 is 0 Å². The van der Waals surface area contributed by atoms with Crippen molar-refractivity contribution in [3.05, 3.63) is 41.2 Å². The number of hydrogen-bond donors (Lipinski definition) is 0. The lowest BCUT2D eigenvalue weighted by Gasteiger charge is -2.20. The highest BCUT2D eigenvalue weighted by Gasteiger charge is 2.01. The van der Waals surface area contributed by atoms with E-state index in [9.17, 15) is 0 Å². The number of unbranched alkanes of at least 4 members (excludes halogenated alkanes) is 3. The number of nitrogens with zero attached hydrogens (tertiary/aromatic N) is 2. The fourth-order valence-corrected chi connectivity index (χ4v) is 2.72. The summed E-state index contributed by atoms with van der Waals surface area (Å²) >= 11 is 0. The molecule has 0 N–H and O–H groups in total. The predicted molar refractivity (Wildman–Crippen MR) is 91.9 cm³/mol. The number of hydrogen-bond acceptors (Lipinski definition) is 1. The normalized spacial score (nSPS) is 10.8. The van der Waals surface area contributed by atoms with E-state index in [0.717, 1.165) is 12.1 Å². The molecule has 1 aromatic rings. The zero-order chi connectivity index (χ0) is 15.3. The SMILES string of the molecule is [C-]#[N+]c1ccc(CCCCCCN(CCC)CCC)cc1. The molecule has 0 saturated carbocycles. The first-order valence-electron chi connectivity index (χ1n) is 8.49. The van der Waals surface area contributed by atoms with Crippen LogP contribution < -0.4 is 0 Å². The van der Waals surface area contributed by atoms with Crippen LogP contribution in [0.1, 0.15) is 57.9 Å². The molecular weight excluding hydrogens is 256 g/mol. The molecule has 0 fully saturated rings. The van der Waals surface area contributed by atoms with Crippen molar-refractivity contribution in [1.82, 2.24) is 4.90 Å². The third kappa shape index (κ3) is 7.87. The van der Waals surface area contributed by atoms with E-state index >= 15 is 0 Å². The molecule has 0 aromatic heterocycles. The Hall–Kier alpha value is -1.33. The third-order valence-corrected chi connectivity index (χ3v) is 3.83. The van der Waals surface area contributed by atoms with Gasteiger partial charge in [0.1, 0.15) is 0 Å². The van der Waals surface area contributed by atoms with Gasteiger partial charge in [0.25, 0.3) is 0 Å². The molecule has 0 saturated heterocycles. The van der Waals surface area contributed by atoms with Crippen LogP contribution in [0.15, 0.2) is 24.3 Å². The van der Waals surface area contributed by atoms with Crippen molar-refractivity contribution >= 4 is 5.69 Å². The van der Waals surface area contributed by atoms with Crippen LogP contribution in [0.3, 0.4) is 0 Å². The molecule has 116 valence electrons. The Balaban J connectivity index is 2.09. The van der Waals surface area contributed by atoms with Crippen LogP contribution in [0, 0.1) is 6.57 Å². The Bertz CT molecular complexity index is 397. The first-order chi connectivity index (χ1) is 10.3. The number of benzene rings is 1. The van der Waals surface area contributed by atoms with Gasteiger partial charge in [-0.25, -0.2) is 4.85 Å². The van der Waals surface area contributed by atoms with Gasteiger partial charge in [-0.3, -0.25) is 0 Å². The van der Waals surface area contributed by atoms with Gasteiger partial charge in [-0.1, -0.05) is 56.5 Å². The smallest absolute Gasteiger partial charge is 0.187 e. The van der Waals surface area contributed by atoms with Crippen molar-refractivity contribution in [2.24, 2.45) is 0 Å². The van der Waals surface area contributed by atoms with Gasteiger partial charge in [-0.15, -0.1) is 0 Å². The molecule has 2 heteroatoms. The van der Waals surface area contributed by atoms with Crippen LogP contribution in [0.5, 0.6) is 0 Å². The van der Waals surface area contributed by atoms with Gasteiger partial charge in [-0.2, -0.15) is 0 Å². The molecule has 0 atom stereocenters. The van der Waals surface area contributed by atoms with Crippen molar-refractivity contribution in [3.8, 4) is 0 Å². The monoisotopic (exact) mass is 286 g/mol. The highest BCUT2D eigenvalue weighted by molar-refractivity contribution is 5.45. The zero-order valence-corrected chi connectivity index (χ0v) is 13.8. The second kappa shape index (κ2) is 11.3. The molecule has 0 bridgehead atoms. The van der Waals surface area contributed by atoms with E-state index in [-0.39, 0.29) is 0 Å². The van der Waals surface area contributed by atoms with E-state index < -0.39 is 0 Å². The van der Waals surface area contributed by atoms with Crippen molar-refractivity contribution in [2.75, 3.05) is 19.6 Å². The molecule has 0 spiro atoms. The summed E-state index contributed by atoms with van der Waals surface area (Å²) in [6.45, 7) is 15.2. The van der Waals surface area contributed by atoms with Gasteiger partial charge in [0.2, 0.25) is 0 Å². The van der Waals surface area contributed by atoms with E-state index in [1.54, 1.807) is 0 Å². The van der Waals surface area contributed by atoms with Gasteiger partial charge in [0, 0.05) is 0 Å². The molecule has 0 aliphatic heterocycles. The summed E-state index contributed by atoms with van der Waals surface area (Å²) in [5.74, 6) is 0. The minimum atomic E-state index is 0.741. The largest absolute Gasteiger partial charge is 0.303 e. The van der Waals surface area contributed by atoms with Gasteiger partial charge in [-0.05, 0) is 51.7 Å². The summed E-state index contributed by atoms with van der Waals surface area (Å²) in [4.78, 5) is 6.02. The second-order valence-electron chi connectivity index (χ2n) is 5.78. The lowest BCUT2D eigenvalue weighted by atomic mass is 10.1. The topological polar surface area (TPSA) is 7.60 Å². The fourth-order valence-electron chi connectivity index (χ4n) is 2.72. The average molecular weight is 286 g/mol. The first kappa shape index (κ1) is 17.7.